The van der Waals surface area contributed by atoms with Crippen molar-refractivity contribution in [3.63, 3.8) is 0 Å². The third-order valence-electron chi connectivity index (χ3n) is 3.09. The van der Waals surface area contributed by atoms with E-state index in [1.54, 1.807) is 12.1 Å². The fraction of sp³-hybridized carbons (Fsp3) is 0.312. The second kappa shape index (κ2) is 8.39. The minimum Gasteiger partial charge on any atom is -0.494 e. The Morgan fingerprint density at radius 3 is 2.38 bits per heavy atom. The predicted octanol–water partition coefficient (Wildman–Crippen LogP) is 2.55. The second-order valence-electron chi connectivity index (χ2n) is 4.96. The zero-order valence-electron chi connectivity index (χ0n) is 13.7. The van der Waals surface area contributed by atoms with Gasteiger partial charge in [-0.05, 0) is 37.6 Å². The first-order chi connectivity index (χ1) is 11.5. The van der Waals surface area contributed by atoms with Crippen LogP contribution in [-0.4, -0.2) is 27.7 Å². The Kier molecular flexibility index (Phi) is 6.25. The van der Waals surface area contributed by atoms with E-state index in [1.165, 1.54) is 17.8 Å². The molecule has 1 heterocycles. The number of hydrogen-bond donors (Lipinski definition) is 3. The van der Waals surface area contributed by atoms with Crippen molar-refractivity contribution < 1.29 is 9.53 Å². The first-order valence-electron chi connectivity index (χ1n) is 7.62. The number of anilines is 3. The number of nitrogens with zero attached hydrogens (tertiary/aromatic N) is 2. The molecule has 0 bridgehead atoms. The van der Waals surface area contributed by atoms with Crippen molar-refractivity contribution in [3.8, 4) is 5.75 Å². The van der Waals surface area contributed by atoms with Crippen LogP contribution in [0.1, 0.15) is 20.3 Å². The Bertz CT molecular complexity index is 673. The van der Waals surface area contributed by atoms with E-state index in [1.807, 2.05) is 26.0 Å². The van der Waals surface area contributed by atoms with Crippen LogP contribution in [0.25, 0.3) is 0 Å². The summed E-state index contributed by atoms with van der Waals surface area (Å²) in [6, 6.07) is 8.71. The van der Waals surface area contributed by atoms with Gasteiger partial charge in [0.25, 0.3) is 0 Å². The van der Waals surface area contributed by atoms with Gasteiger partial charge in [0.2, 0.25) is 5.91 Å². The lowest BCUT2D eigenvalue weighted by Crippen LogP contribution is -2.24. The number of rotatable bonds is 7. The molecule has 0 spiro atoms. The number of amides is 1. The molecule has 1 atom stereocenters. The molecule has 5 N–H and O–H groups in total. The highest BCUT2D eigenvalue weighted by Gasteiger charge is 2.20. The minimum absolute atomic E-state index is 0.128. The minimum atomic E-state index is -0.349. The molecule has 2 aromatic rings. The molecule has 1 unspecified atom stereocenters. The fourth-order valence-electron chi connectivity index (χ4n) is 1.99. The van der Waals surface area contributed by atoms with Gasteiger partial charge in [0, 0.05) is 11.8 Å². The van der Waals surface area contributed by atoms with E-state index in [-0.39, 0.29) is 22.8 Å². The number of nitrogen functional groups attached to an aromatic ring is 2. The van der Waals surface area contributed by atoms with Crippen LogP contribution in [0, 0.1) is 0 Å². The number of hydrogen-bond acceptors (Lipinski definition) is 7. The lowest BCUT2D eigenvalue weighted by Gasteiger charge is -2.14. The van der Waals surface area contributed by atoms with Gasteiger partial charge in [0.1, 0.15) is 17.4 Å². The number of carbonyl (C=O) groups excluding carboxylic acids is 1. The summed E-state index contributed by atoms with van der Waals surface area (Å²) in [5.41, 5.74) is 12.0. The molecule has 0 aliphatic heterocycles. The first-order valence-corrected chi connectivity index (χ1v) is 8.50. The van der Waals surface area contributed by atoms with Crippen molar-refractivity contribution in [3.05, 3.63) is 30.3 Å². The lowest BCUT2D eigenvalue weighted by atomic mass is 10.2. The van der Waals surface area contributed by atoms with Gasteiger partial charge in [-0.15, -0.1) is 0 Å². The summed E-state index contributed by atoms with van der Waals surface area (Å²) in [5.74, 6) is 1.20. The van der Waals surface area contributed by atoms with Crippen LogP contribution in [0.5, 0.6) is 5.75 Å². The van der Waals surface area contributed by atoms with Crippen LogP contribution in [0.4, 0.5) is 17.3 Å². The van der Waals surface area contributed by atoms with E-state index in [0.717, 1.165) is 5.75 Å². The van der Waals surface area contributed by atoms with Gasteiger partial charge in [-0.1, -0.05) is 18.7 Å². The molecule has 0 radical (unpaired) electrons. The summed E-state index contributed by atoms with van der Waals surface area (Å²) in [6.07, 6.45) is 0.617. The van der Waals surface area contributed by atoms with E-state index >= 15 is 0 Å². The highest BCUT2D eigenvalue weighted by atomic mass is 32.2. The summed E-state index contributed by atoms with van der Waals surface area (Å²) >= 11 is 1.24. The zero-order chi connectivity index (χ0) is 17.5. The molecule has 128 valence electrons. The molecule has 8 heteroatoms. The van der Waals surface area contributed by atoms with Crippen LogP contribution < -0.4 is 21.5 Å². The molecule has 1 aromatic heterocycles. The van der Waals surface area contributed by atoms with Gasteiger partial charge in [-0.25, -0.2) is 9.97 Å². The van der Waals surface area contributed by atoms with E-state index in [0.29, 0.717) is 23.9 Å². The van der Waals surface area contributed by atoms with Crippen molar-refractivity contribution in [1.29, 1.82) is 0 Å². The molecule has 2 rings (SSSR count). The number of ether oxygens (including phenoxy) is 1. The molecule has 7 nitrogen and oxygen atoms in total. The Balaban J connectivity index is 2.02. The van der Waals surface area contributed by atoms with Crippen LogP contribution in [0.3, 0.4) is 0 Å². The van der Waals surface area contributed by atoms with Crippen molar-refractivity contribution in [1.82, 2.24) is 9.97 Å². The van der Waals surface area contributed by atoms with Crippen molar-refractivity contribution in [2.75, 3.05) is 23.4 Å². The third kappa shape index (κ3) is 5.02. The summed E-state index contributed by atoms with van der Waals surface area (Å²) in [6.45, 7) is 4.44. The predicted molar refractivity (Wildman–Crippen MR) is 97.0 cm³/mol. The summed E-state index contributed by atoms with van der Waals surface area (Å²) in [7, 11) is 0. The highest BCUT2D eigenvalue weighted by Crippen LogP contribution is 2.25. The Hall–Kier alpha value is -2.48. The Morgan fingerprint density at radius 1 is 1.21 bits per heavy atom. The van der Waals surface area contributed by atoms with Gasteiger partial charge in [-0.3, -0.25) is 4.79 Å². The third-order valence-corrected chi connectivity index (χ3v) is 4.31. The second-order valence-corrected chi connectivity index (χ2v) is 6.13. The van der Waals surface area contributed by atoms with Crippen LogP contribution >= 0.6 is 11.8 Å². The van der Waals surface area contributed by atoms with Gasteiger partial charge in [0.05, 0.1) is 11.9 Å². The van der Waals surface area contributed by atoms with Crippen molar-refractivity contribution in [2.45, 2.75) is 30.7 Å². The Morgan fingerprint density at radius 2 is 1.83 bits per heavy atom. The quantitative estimate of drug-likeness (QED) is 0.520. The molecule has 1 amide bonds. The monoisotopic (exact) mass is 347 g/mol. The molecular weight excluding hydrogens is 326 g/mol. The fourth-order valence-corrected chi connectivity index (χ4v) is 2.89. The number of benzene rings is 1. The van der Waals surface area contributed by atoms with Crippen molar-refractivity contribution in [2.24, 2.45) is 0 Å². The zero-order valence-corrected chi connectivity index (χ0v) is 14.5. The molecule has 0 aliphatic carbocycles. The summed E-state index contributed by atoms with van der Waals surface area (Å²) in [5, 5.41) is 2.92. The molecule has 0 aliphatic rings. The number of thioether (sulfide) groups is 1. The average molecular weight is 347 g/mol. The topological polar surface area (TPSA) is 116 Å². The van der Waals surface area contributed by atoms with Crippen molar-refractivity contribution >= 4 is 35.0 Å². The van der Waals surface area contributed by atoms with Gasteiger partial charge in [-0.2, -0.15) is 0 Å². The van der Waals surface area contributed by atoms with Gasteiger partial charge < -0.3 is 21.5 Å². The molecule has 0 fully saturated rings. The summed E-state index contributed by atoms with van der Waals surface area (Å²) < 4.78 is 5.38. The maximum absolute atomic E-state index is 12.4. The number of nitrogens with one attached hydrogen (secondary N) is 1. The van der Waals surface area contributed by atoms with E-state index in [9.17, 15) is 4.79 Å². The van der Waals surface area contributed by atoms with Crippen LogP contribution in [-0.2, 0) is 4.79 Å². The largest absolute Gasteiger partial charge is 0.494 e. The smallest absolute Gasteiger partial charge is 0.237 e. The van der Waals surface area contributed by atoms with E-state index in [4.69, 9.17) is 16.2 Å². The maximum Gasteiger partial charge on any atom is 0.237 e. The SMILES string of the molecule is CCOc1ccc(NC(=O)C(CC)Sc2nc(N)cc(N)n2)cc1. The molecule has 1 aromatic carbocycles. The molecular formula is C16H21N5O2S. The highest BCUT2D eigenvalue weighted by molar-refractivity contribution is 8.00. The van der Waals surface area contributed by atoms with Crippen LogP contribution in [0.15, 0.2) is 35.5 Å². The molecule has 24 heavy (non-hydrogen) atoms. The normalized spacial score (nSPS) is 11.8. The number of nitrogens with two attached hydrogens (primary N) is 2. The molecule has 0 saturated carbocycles. The number of aromatic nitrogens is 2. The maximum atomic E-state index is 12.4. The average Bonchev–Trinajstić information content (AvgIpc) is 2.53. The standard InChI is InChI=1S/C16H21N5O2S/c1-3-12(24-16-20-13(17)9-14(18)21-16)15(22)19-10-5-7-11(8-6-10)23-4-2/h5-9,12H,3-4H2,1-2H3,(H,19,22)(H4,17,18,20,21). The van der Waals surface area contributed by atoms with E-state index in [2.05, 4.69) is 15.3 Å². The lowest BCUT2D eigenvalue weighted by molar-refractivity contribution is -0.115. The van der Waals surface area contributed by atoms with E-state index < -0.39 is 0 Å². The van der Waals surface area contributed by atoms with Gasteiger partial charge >= 0.3 is 0 Å². The summed E-state index contributed by atoms with van der Waals surface area (Å²) in [4.78, 5) is 20.6. The first kappa shape index (κ1) is 17.9. The number of carbonyl (C=O) groups is 1. The van der Waals surface area contributed by atoms with Crippen LogP contribution in [0.2, 0.25) is 0 Å². The molecule has 0 saturated heterocycles. The van der Waals surface area contributed by atoms with Gasteiger partial charge in [0.15, 0.2) is 5.16 Å². The Labute approximate surface area is 145 Å².